The Morgan fingerprint density at radius 1 is 1.29 bits per heavy atom. The summed E-state index contributed by atoms with van der Waals surface area (Å²) in [7, 11) is 1.37. The Balaban J connectivity index is 2.75. The number of primary amides is 1. The van der Waals surface area contributed by atoms with E-state index in [9.17, 15) is 14.4 Å². The first-order valence-corrected chi connectivity index (χ1v) is 6.35. The second-order valence-corrected chi connectivity index (χ2v) is 4.42. The molecule has 1 rings (SSSR count). The number of nitrogens with one attached hydrogen (secondary N) is 1. The lowest BCUT2D eigenvalue weighted by Gasteiger charge is -2.20. The normalized spacial score (nSPS) is 13.2. The van der Waals surface area contributed by atoms with Crippen molar-refractivity contribution in [2.75, 3.05) is 7.11 Å². The third-order valence-corrected chi connectivity index (χ3v) is 2.88. The van der Waals surface area contributed by atoms with Gasteiger partial charge in [0.2, 0.25) is 5.91 Å². The topological polar surface area (TPSA) is 119 Å². The fourth-order valence-electron chi connectivity index (χ4n) is 1.82. The quantitative estimate of drug-likeness (QED) is 0.633. The number of methoxy groups -OCH3 is 1. The van der Waals surface area contributed by atoms with Crippen molar-refractivity contribution in [1.82, 2.24) is 5.32 Å². The summed E-state index contributed by atoms with van der Waals surface area (Å²) in [5, 5.41) is 11.0. The molecule has 0 aromatic heterocycles. The number of hydrogen-bond donors (Lipinski definition) is 3. The van der Waals surface area contributed by atoms with Crippen LogP contribution >= 0.6 is 0 Å². The van der Waals surface area contributed by atoms with Gasteiger partial charge in [-0.1, -0.05) is 30.3 Å². The molecule has 114 valence electrons. The maximum Gasteiger partial charge on any atom is 0.303 e. The van der Waals surface area contributed by atoms with Crippen LogP contribution in [0.25, 0.3) is 0 Å². The van der Waals surface area contributed by atoms with Gasteiger partial charge in [-0.3, -0.25) is 14.4 Å². The van der Waals surface area contributed by atoms with Gasteiger partial charge < -0.3 is 20.9 Å². The molecule has 0 aliphatic heterocycles. The van der Waals surface area contributed by atoms with Crippen molar-refractivity contribution >= 4 is 17.8 Å². The number of carbonyl (C=O) groups is 3. The van der Waals surface area contributed by atoms with Crippen molar-refractivity contribution in [2.45, 2.75) is 25.0 Å². The number of carboxylic acids is 1. The van der Waals surface area contributed by atoms with Crippen molar-refractivity contribution < 1.29 is 24.2 Å². The zero-order valence-corrected chi connectivity index (χ0v) is 11.6. The molecule has 0 aliphatic carbocycles. The first-order valence-electron chi connectivity index (χ1n) is 6.35. The molecule has 1 aromatic carbocycles. The van der Waals surface area contributed by atoms with Gasteiger partial charge in [-0.2, -0.15) is 0 Å². The Bertz CT molecular complexity index is 503. The number of carbonyl (C=O) groups excluding carboxylic acids is 2. The highest BCUT2D eigenvalue weighted by Gasteiger charge is 2.25. The van der Waals surface area contributed by atoms with Crippen LogP contribution in [-0.4, -0.2) is 36.0 Å². The molecule has 0 saturated carbocycles. The maximum atomic E-state index is 12.1. The number of nitrogens with two attached hydrogens (primary N) is 1. The molecule has 4 N–H and O–H groups in total. The van der Waals surface area contributed by atoms with Crippen molar-refractivity contribution in [3.63, 3.8) is 0 Å². The van der Waals surface area contributed by atoms with Crippen LogP contribution in [0.1, 0.15) is 24.5 Å². The molecule has 21 heavy (non-hydrogen) atoms. The van der Waals surface area contributed by atoms with Gasteiger partial charge in [0.25, 0.3) is 5.91 Å². The monoisotopic (exact) mass is 294 g/mol. The van der Waals surface area contributed by atoms with Gasteiger partial charge in [0.1, 0.15) is 6.04 Å². The van der Waals surface area contributed by atoms with E-state index < -0.39 is 29.9 Å². The smallest absolute Gasteiger partial charge is 0.303 e. The number of benzene rings is 1. The molecule has 7 heteroatoms. The summed E-state index contributed by atoms with van der Waals surface area (Å²) < 4.78 is 5.12. The van der Waals surface area contributed by atoms with Gasteiger partial charge >= 0.3 is 5.97 Å². The van der Waals surface area contributed by atoms with Gasteiger partial charge in [0.15, 0.2) is 6.10 Å². The van der Waals surface area contributed by atoms with E-state index in [1.54, 1.807) is 30.3 Å². The zero-order valence-electron chi connectivity index (χ0n) is 11.6. The Hall–Kier alpha value is -2.41. The molecule has 0 radical (unpaired) electrons. The van der Waals surface area contributed by atoms with Crippen LogP contribution in [0.3, 0.4) is 0 Å². The minimum atomic E-state index is -1.07. The zero-order chi connectivity index (χ0) is 15.8. The van der Waals surface area contributed by atoms with E-state index in [1.165, 1.54) is 7.11 Å². The average molecular weight is 294 g/mol. The summed E-state index contributed by atoms with van der Waals surface area (Å²) in [5.41, 5.74) is 5.79. The van der Waals surface area contributed by atoms with Crippen LogP contribution in [0, 0.1) is 0 Å². The number of amides is 2. The van der Waals surface area contributed by atoms with Crippen molar-refractivity contribution in [1.29, 1.82) is 0 Å². The third kappa shape index (κ3) is 5.23. The minimum absolute atomic E-state index is 0.0678. The van der Waals surface area contributed by atoms with E-state index in [0.717, 1.165) is 0 Å². The van der Waals surface area contributed by atoms with Crippen LogP contribution < -0.4 is 11.1 Å². The number of ether oxygens (including phenoxy) is 1. The number of aliphatic carboxylic acids is 1. The van der Waals surface area contributed by atoms with Crippen molar-refractivity contribution in [3.8, 4) is 0 Å². The van der Waals surface area contributed by atoms with E-state index in [2.05, 4.69) is 5.32 Å². The molecule has 0 saturated heterocycles. The standard InChI is InChI=1S/C14H18N2O5/c1-21-12(9-5-3-2-4-6-9)14(20)16-10(13(15)19)7-8-11(17)18/h2-6,10,12H,7-8H2,1H3,(H2,15,19)(H,16,20)(H,17,18)/t10-,12+/m1/s1. The molecule has 2 amide bonds. The highest BCUT2D eigenvalue weighted by molar-refractivity contribution is 5.89. The lowest BCUT2D eigenvalue weighted by molar-refractivity contribution is -0.139. The molecular formula is C14H18N2O5. The molecule has 7 nitrogen and oxygen atoms in total. The van der Waals surface area contributed by atoms with E-state index >= 15 is 0 Å². The molecule has 1 aromatic rings. The van der Waals surface area contributed by atoms with Crippen LogP contribution in [-0.2, 0) is 19.1 Å². The fraction of sp³-hybridized carbons (Fsp3) is 0.357. The summed E-state index contributed by atoms with van der Waals surface area (Å²) in [6, 6.07) is 7.69. The van der Waals surface area contributed by atoms with Gasteiger partial charge in [-0.15, -0.1) is 0 Å². The summed E-state index contributed by atoms with van der Waals surface area (Å²) in [4.78, 5) is 33.9. The fourth-order valence-corrected chi connectivity index (χ4v) is 1.82. The Morgan fingerprint density at radius 3 is 2.38 bits per heavy atom. The van der Waals surface area contributed by atoms with Gasteiger partial charge in [-0.25, -0.2) is 0 Å². The predicted octanol–water partition coefficient (Wildman–Crippen LogP) is 0.209. The Morgan fingerprint density at radius 2 is 1.90 bits per heavy atom. The summed E-state index contributed by atoms with van der Waals surface area (Å²) >= 11 is 0. The maximum absolute atomic E-state index is 12.1. The summed E-state index contributed by atoms with van der Waals surface area (Å²) in [6.45, 7) is 0. The third-order valence-electron chi connectivity index (χ3n) is 2.88. The van der Waals surface area contributed by atoms with Crippen molar-refractivity contribution in [2.24, 2.45) is 5.73 Å². The average Bonchev–Trinajstić information content (AvgIpc) is 2.44. The highest BCUT2D eigenvalue weighted by Crippen LogP contribution is 2.16. The molecule has 0 bridgehead atoms. The van der Waals surface area contributed by atoms with Crippen LogP contribution in [0.15, 0.2) is 30.3 Å². The van der Waals surface area contributed by atoms with Crippen molar-refractivity contribution in [3.05, 3.63) is 35.9 Å². The van der Waals surface area contributed by atoms with Crippen LogP contribution in [0.5, 0.6) is 0 Å². The van der Waals surface area contributed by atoms with Gasteiger partial charge in [0, 0.05) is 13.5 Å². The lowest BCUT2D eigenvalue weighted by Crippen LogP contribution is -2.46. The Labute approximate surface area is 122 Å². The largest absolute Gasteiger partial charge is 0.481 e. The van der Waals surface area contributed by atoms with E-state index in [4.69, 9.17) is 15.6 Å². The van der Waals surface area contributed by atoms with Crippen LogP contribution in [0.2, 0.25) is 0 Å². The van der Waals surface area contributed by atoms with E-state index in [-0.39, 0.29) is 12.8 Å². The summed E-state index contributed by atoms with van der Waals surface area (Å²) in [6.07, 6.45) is -1.23. The molecule has 0 unspecified atom stereocenters. The first-order chi connectivity index (χ1) is 9.95. The lowest BCUT2D eigenvalue weighted by atomic mass is 10.1. The molecule has 0 fully saturated rings. The van der Waals surface area contributed by atoms with Gasteiger partial charge in [0.05, 0.1) is 0 Å². The number of hydrogen-bond acceptors (Lipinski definition) is 4. The first kappa shape index (κ1) is 16.6. The van der Waals surface area contributed by atoms with Crippen LogP contribution in [0.4, 0.5) is 0 Å². The predicted molar refractivity (Wildman–Crippen MR) is 74.2 cm³/mol. The van der Waals surface area contributed by atoms with E-state index in [1.807, 2.05) is 0 Å². The minimum Gasteiger partial charge on any atom is -0.481 e. The SMILES string of the molecule is CO[C@H](C(=O)N[C@H](CCC(=O)O)C(N)=O)c1ccccc1. The molecule has 2 atom stereocenters. The Kier molecular flexibility index (Phi) is 6.35. The molecular weight excluding hydrogens is 276 g/mol. The second-order valence-electron chi connectivity index (χ2n) is 4.42. The molecule has 0 heterocycles. The second kappa shape index (κ2) is 8.01. The highest BCUT2D eigenvalue weighted by atomic mass is 16.5. The van der Waals surface area contributed by atoms with E-state index in [0.29, 0.717) is 5.56 Å². The van der Waals surface area contributed by atoms with Gasteiger partial charge in [-0.05, 0) is 12.0 Å². The number of carboxylic acid groups (broad SMARTS) is 1. The summed E-state index contributed by atoms with van der Waals surface area (Å²) in [5.74, 6) is -2.40. The number of rotatable bonds is 8. The molecule has 0 aliphatic rings. The molecule has 0 spiro atoms.